The van der Waals surface area contributed by atoms with E-state index in [2.05, 4.69) is 25.2 Å². The molecule has 284 valence electrons. The summed E-state index contributed by atoms with van der Waals surface area (Å²) in [6.45, 7) is 1.30. The fraction of sp³-hybridized carbons (Fsp3) is 0.324. The van der Waals surface area contributed by atoms with Crippen LogP contribution in [0, 0.1) is 17.6 Å². The van der Waals surface area contributed by atoms with E-state index >= 15 is 8.78 Å². The van der Waals surface area contributed by atoms with Crippen LogP contribution < -0.4 is 10.0 Å². The van der Waals surface area contributed by atoms with Crippen molar-refractivity contribution in [2.24, 2.45) is 13.0 Å². The van der Waals surface area contributed by atoms with E-state index in [1.54, 1.807) is 31.3 Å². The Labute approximate surface area is 306 Å². The van der Waals surface area contributed by atoms with Crippen molar-refractivity contribution in [2.75, 3.05) is 11.0 Å². The van der Waals surface area contributed by atoms with Crippen LogP contribution in [-0.2, 0) is 46.9 Å². The van der Waals surface area contributed by atoms with Gasteiger partial charge in [-0.2, -0.15) is 32.1 Å². The van der Waals surface area contributed by atoms with Crippen molar-refractivity contribution in [1.29, 1.82) is 0 Å². The minimum Gasteiger partial charge on any atom is -0.346 e. The maximum absolute atomic E-state index is 15.5. The molecule has 0 radical (unpaired) electrons. The summed E-state index contributed by atoms with van der Waals surface area (Å²) in [6, 6.07) is 8.03. The summed E-state index contributed by atoms with van der Waals surface area (Å²) in [4.78, 5) is 22.8. The minimum atomic E-state index is -5.09. The number of aromatic nitrogens is 6. The molecule has 0 aliphatic heterocycles. The molecule has 0 bridgehead atoms. The highest BCUT2D eigenvalue weighted by Crippen LogP contribution is 2.55. The van der Waals surface area contributed by atoms with E-state index in [0.717, 1.165) is 25.3 Å². The zero-order valence-corrected chi connectivity index (χ0v) is 30.3. The summed E-state index contributed by atoms with van der Waals surface area (Å²) in [5.41, 5.74) is -0.126. The SMILES string of the molecule is C[C@@H]1c2c(C(F)(F)F)nn(CC(=O)NC(Cc3cc(F)cc(F)c3)c3nc4ncsc4cc3-c3cccc4c(NS(C)(=O)=O)nn(C)c34)c2C(F)(F)[C@@H]1C. The van der Waals surface area contributed by atoms with Crippen LogP contribution in [0.2, 0.25) is 0 Å². The molecule has 4 aromatic heterocycles. The first-order valence-electron chi connectivity index (χ1n) is 16.2. The molecular weight excluding hydrogens is 766 g/mol. The number of rotatable bonds is 9. The molecular formula is C34H29F7N8O3S2. The van der Waals surface area contributed by atoms with Gasteiger partial charge in [0.05, 0.1) is 33.7 Å². The van der Waals surface area contributed by atoms with E-state index in [1.165, 1.54) is 28.5 Å². The second-order valence-corrected chi connectivity index (χ2v) is 15.8. The highest BCUT2D eigenvalue weighted by Gasteiger charge is 2.57. The summed E-state index contributed by atoms with van der Waals surface area (Å²) >= 11 is 1.23. The molecule has 3 atom stereocenters. The molecule has 2 aromatic carbocycles. The number of anilines is 1. The third-order valence-corrected chi connectivity index (χ3v) is 10.8. The molecule has 0 spiro atoms. The number of fused-ring (bicyclic) bond motifs is 3. The average Bonchev–Trinajstić information content (AvgIpc) is 3.80. The van der Waals surface area contributed by atoms with Crippen molar-refractivity contribution in [3.05, 3.63) is 87.8 Å². The second kappa shape index (κ2) is 13.0. The predicted molar refractivity (Wildman–Crippen MR) is 185 cm³/mol. The van der Waals surface area contributed by atoms with Crippen molar-refractivity contribution < 1.29 is 43.9 Å². The number of pyridine rings is 1. The number of sulfonamides is 1. The van der Waals surface area contributed by atoms with Gasteiger partial charge in [0.25, 0.3) is 5.92 Å². The standard InChI is InChI=1S/C34H29F7N8O3S2/c1-15-16(2)33(37,38)30-26(15)29(34(39,40)41)45-49(30)13-25(50)43-23(10-17-8-18(35)11-19(36)9-17)27-22(12-24-32(44-27)42-14-53-24)20-6-5-7-21-28(20)48(3)46-31(21)47-54(4,51)52/h5-9,11-12,14-16,23H,10,13H2,1-4H3,(H,43,50)(H,46,47)/t15-,16+,23?/m0/s1. The van der Waals surface area contributed by atoms with Gasteiger partial charge in [-0.15, -0.1) is 11.3 Å². The Morgan fingerprint density at radius 2 is 1.76 bits per heavy atom. The number of amides is 1. The highest BCUT2D eigenvalue weighted by molar-refractivity contribution is 7.92. The second-order valence-electron chi connectivity index (χ2n) is 13.2. The van der Waals surface area contributed by atoms with Gasteiger partial charge in [-0.1, -0.05) is 26.0 Å². The van der Waals surface area contributed by atoms with Crippen molar-refractivity contribution in [2.45, 2.75) is 50.9 Å². The summed E-state index contributed by atoms with van der Waals surface area (Å²) in [5.74, 6) is -9.38. The van der Waals surface area contributed by atoms with Crippen LogP contribution in [0.5, 0.6) is 0 Å². The normalized spacial score (nSPS) is 17.6. The van der Waals surface area contributed by atoms with Crippen LogP contribution in [-0.4, -0.2) is 50.1 Å². The number of nitrogens with zero attached hydrogens (tertiary/aromatic N) is 6. The topological polar surface area (TPSA) is 137 Å². The first-order valence-corrected chi connectivity index (χ1v) is 19.0. The number of alkyl halides is 5. The molecule has 20 heteroatoms. The quantitative estimate of drug-likeness (QED) is 0.150. The minimum absolute atomic E-state index is 0.0238. The van der Waals surface area contributed by atoms with Crippen LogP contribution in [0.1, 0.15) is 54.0 Å². The Hall–Kier alpha value is -5.11. The average molecular weight is 795 g/mol. The van der Waals surface area contributed by atoms with Crippen LogP contribution in [0.25, 0.3) is 32.4 Å². The lowest BCUT2D eigenvalue weighted by Crippen LogP contribution is -2.35. The van der Waals surface area contributed by atoms with Gasteiger partial charge in [-0.25, -0.2) is 27.2 Å². The van der Waals surface area contributed by atoms with Gasteiger partial charge >= 0.3 is 6.18 Å². The van der Waals surface area contributed by atoms with Gasteiger partial charge in [0.1, 0.15) is 23.9 Å². The Morgan fingerprint density at radius 3 is 2.43 bits per heavy atom. The van der Waals surface area contributed by atoms with Gasteiger partial charge in [-0.05, 0) is 42.2 Å². The van der Waals surface area contributed by atoms with E-state index in [4.69, 9.17) is 4.98 Å². The Bertz CT molecular complexity index is 2560. The molecule has 6 aromatic rings. The summed E-state index contributed by atoms with van der Waals surface area (Å²) in [5, 5.41) is 10.8. The Morgan fingerprint density at radius 1 is 1.06 bits per heavy atom. The molecule has 2 N–H and O–H groups in total. The molecule has 0 saturated carbocycles. The number of carbonyl (C=O) groups excluding carboxylic acids is 1. The summed E-state index contributed by atoms with van der Waals surface area (Å²) in [7, 11) is -2.18. The van der Waals surface area contributed by atoms with Crippen LogP contribution >= 0.6 is 11.3 Å². The van der Waals surface area contributed by atoms with Crippen molar-refractivity contribution in [3.8, 4) is 11.1 Å². The molecule has 1 aliphatic carbocycles. The predicted octanol–water partition coefficient (Wildman–Crippen LogP) is 7.06. The molecule has 7 rings (SSSR count). The molecule has 0 saturated heterocycles. The van der Waals surface area contributed by atoms with Gasteiger partial charge in [-0.3, -0.25) is 18.9 Å². The van der Waals surface area contributed by atoms with Gasteiger partial charge in [0.2, 0.25) is 15.9 Å². The number of thiazole rings is 1. The van der Waals surface area contributed by atoms with Crippen LogP contribution in [0.4, 0.5) is 36.6 Å². The van der Waals surface area contributed by atoms with Crippen LogP contribution in [0.15, 0.2) is 48.0 Å². The van der Waals surface area contributed by atoms with Crippen molar-refractivity contribution in [3.63, 3.8) is 0 Å². The number of hydrogen-bond acceptors (Lipinski definition) is 8. The molecule has 4 heterocycles. The number of nitrogens with one attached hydrogen (secondary N) is 2. The lowest BCUT2D eigenvalue weighted by atomic mass is 9.94. The molecule has 1 amide bonds. The third kappa shape index (κ3) is 6.65. The number of halogens is 7. The zero-order valence-electron chi connectivity index (χ0n) is 28.6. The van der Waals surface area contributed by atoms with E-state index in [0.29, 0.717) is 37.5 Å². The molecule has 1 unspecified atom stereocenters. The zero-order chi connectivity index (χ0) is 39.1. The van der Waals surface area contributed by atoms with E-state index in [-0.39, 0.29) is 29.1 Å². The largest absolute Gasteiger partial charge is 0.435 e. The first kappa shape index (κ1) is 37.2. The van der Waals surface area contributed by atoms with E-state index < -0.39 is 81.0 Å². The third-order valence-electron chi connectivity index (χ3n) is 9.46. The maximum atomic E-state index is 15.5. The lowest BCUT2D eigenvalue weighted by molar-refractivity contribution is -0.143. The molecule has 11 nitrogen and oxygen atoms in total. The smallest absolute Gasteiger partial charge is 0.346 e. The fourth-order valence-corrected chi connectivity index (χ4v) is 8.17. The summed E-state index contributed by atoms with van der Waals surface area (Å²) < 4.78 is 131. The van der Waals surface area contributed by atoms with Gasteiger partial charge in [0, 0.05) is 41.1 Å². The Balaban J connectivity index is 1.37. The molecule has 1 aliphatic rings. The number of benzene rings is 2. The Kier molecular flexibility index (Phi) is 8.98. The van der Waals surface area contributed by atoms with Gasteiger partial charge < -0.3 is 5.32 Å². The van der Waals surface area contributed by atoms with E-state index in [9.17, 15) is 35.2 Å². The lowest BCUT2D eigenvalue weighted by Gasteiger charge is -2.23. The molecule has 0 fully saturated rings. The van der Waals surface area contributed by atoms with E-state index in [1.807, 2.05) is 0 Å². The fourth-order valence-electron chi connectivity index (χ4n) is 7.02. The van der Waals surface area contributed by atoms with Gasteiger partial charge in [0.15, 0.2) is 17.2 Å². The van der Waals surface area contributed by atoms with Crippen LogP contribution in [0.3, 0.4) is 0 Å². The number of aryl methyl sites for hydroxylation is 1. The van der Waals surface area contributed by atoms with Crippen molar-refractivity contribution >= 4 is 54.3 Å². The maximum Gasteiger partial charge on any atom is 0.435 e. The first-order chi connectivity index (χ1) is 25.2. The number of para-hydroxylation sites is 1. The number of carbonyl (C=O) groups is 1. The molecule has 54 heavy (non-hydrogen) atoms. The van der Waals surface area contributed by atoms with Crippen molar-refractivity contribution in [1.82, 2.24) is 34.8 Å². The monoisotopic (exact) mass is 794 g/mol. The summed E-state index contributed by atoms with van der Waals surface area (Å²) in [6.07, 6.45) is -4.45. The number of hydrogen-bond donors (Lipinski definition) is 2. The highest BCUT2D eigenvalue weighted by atomic mass is 32.2.